The summed E-state index contributed by atoms with van der Waals surface area (Å²) in [5, 5.41) is 18.6. The lowest BCUT2D eigenvalue weighted by molar-refractivity contribution is -0.136. The van der Waals surface area contributed by atoms with E-state index in [0.717, 1.165) is 52.1 Å². The van der Waals surface area contributed by atoms with Crippen molar-refractivity contribution in [2.45, 2.75) is 37.8 Å². The monoisotopic (exact) mass is 530 g/mol. The number of nitrogens with one attached hydrogen (secondary N) is 1. The van der Waals surface area contributed by atoms with Crippen LogP contribution in [0.2, 0.25) is 0 Å². The number of ether oxygens (including phenoxy) is 1. The molecule has 1 aromatic rings. The average Bonchev–Trinajstić information content (AvgIpc) is 3.76. The van der Waals surface area contributed by atoms with Crippen LogP contribution in [-0.4, -0.2) is 114 Å². The highest BCUT2D eigenvalue weighted by Crippen LogP contribution is 2.34. The van der Waals surface area contributed by atoms with Crippen molar-refractivity contribution in [3.63, 3.8) is 0 Å². The van der Waals surface area contributed by atoms with Gasteiger partial charge in [-0.3, -0.25) is 14.5 Å². The van der Waals surface area contributed by atoms with Crippen LogP contribution in [0, 0.1) is 5.92 Å². The van der Waals surface area contributed by atoms with E-state index >= 15 is 0 Å². The summed E-state index contributed by atoms with van der Waals surface area (Å²) in [6.07, 6.45) is 5.56. The summed E-state index contributed by atoms with van der Waals surface area (Å²) < 4.78 is 5.15. The van der Waals surface area contributed by atoms with Crippen molar-refractivity contribution in [2.75, 3.05) is 53.4 Å². The van der Waals surface area contributed by atoms with Gasteiger partial charge in [-0.05, 0) is 76.0 Å². The van der Waals surface area contributed by atoms with Gasteiger partial charge in [-0.2, -0.15) is 0 Å². The molecular weight excluding hydrogens is 492 g/mol. The number of hydrogen-bond donors (Lipinski definition) is 3. The summed E-state index contributed by atoms with van der Waals surface area (Å²) in [6.45, 7) is 5.70. The van der Waals surface area contributed by atoms with Gasteiger partial charge in [-0.15, -0.1) is 0 Å². The Kier molecular flexibility index (Phi) is 10.7. The van der Waals surface area contributed by atoms with Gasteiger partial charge in [0.2, 0.25) is 5.91 Å². The molecule has 3 fully saturated rings. The van der Waals surface area contributed by atoms with Gasteiger partial charge in [0, 0.05) is 49.9 Å². The van der Waals surface area contributed by atoms with Crippen molar-refractivity contribution in [1.29, 1.82) is 0 Å². The van der Waals surface area contributed by atoms with Crippen molar-refractivity contribution < 1.29 is 34.1 Å². The zero-order valence-corrected chi connectivity index (χ0v) is 22.0. The van der Waals surface area contributed by atoms with Gasteiger partial charge in [-0.1, -0.05) is 0 Å². The molecule has 4 rings (SSSR count). The Hall–Kier alpha value is -3.44. The zero-order chi connectivity index (χ0) is 27.7. The highest BCUT2D eigenvalue weighted by molar-refractivity contribution is 5.98. The number of carbonyl (C=O) groups excluding carboxylic acids is 2. The number of piperazine rings is 1. The van der Waals surface area contributed by atoms with Crippen molar-refractivity contribution in [2.24, 2.45) is 5.92 Å². The molecule has 1 atom stereocenters. The normalized spacial score (nSPS) is 19.8. The summed E-state index contributed by atoms with van der Waals surface area (Å²) in [6, 6.07) is 7.25. The third kappa shape index (κ3) is 8.84. The highest BCUT2D eigenvalue weighted by atomic mass is 16.5. The Balaban J connectivity index is 0.000000436. The number of methoxy groups -OCH3 is 1. The molecule has 3 N–H and O–H groups in total. The minimum Gasteiger partial charge on any atom is -0.497 e. The Labute approximate surface area is 223 Å². The van der Waals surface area contributed by atoms with Crippen LogP contribution in [0.25, 0.3) is 0 Å². The topological polar surface area (TPSA) is 140 Å². The second kappa shape index (κ2) is 13.9. The molecule has 2 amide bonds. The highest BCUT2D eigenvalue weighted by Gasteiger charge is 2.40. The first-order valence-corrected chi connectivity index (χ1v) is 13.0. The van der Waals surface area contributed by atoms with E-state index in [0.29, 0.717) is 29.5 Å². The number of likely N-dealkylation sites (tertiary alicyclic amines) is 1. The number of aliphatic carboxylic acids is 2. The molecule has 11 heteroatoms. The molecule has 0 unspecified atom stereocenters. The third-order valence-corrected chi connectivity index (χ3v) is 7.20. The predicted octanol–water partition coefficient (Wildman–Crippen LogP) is 1.15. The fraction of sp³-hybridized carbons (Fsp3) is 0.556. The van der Waals surface area contributed by atoms with Crippen LogP contribution in [-0.2, 0) is 14.4 Å². The van der Waals surface area contributed by atoms with Gasteiger partial charge < -0.3 is 30.1 Å². The number of amides is 2. The number of carboxylic acids is 2. The van der Waals surface area contributed by atoms with E-state index in [4.69, 9.17) is 14.9 Å². The number of hydrogen-bond acceptors (Lipinski definition) is 7. The molecule has 0 spiro atoms. The van der Waals surface area contributed by atoms with E-state index < -0.39 is 18.0 Å². The van der Waals surface area contributed by atoms with Crippen LogP contribution in [0.1, 0.15) is 36.0 Å². The second-order valence-electron chi connectivity index (χ2n) is 9.92. The molecular formula is C27H38N4O7. The van der Waals surface area contributed by atoms with Gasteiger partial charge in [-0.25, -0.2) is 9.59 Å². The molecule has 0 aromatic heterocycles. The smallest absolute Gasteiger partial charge is 0.328 e. The first-order chi connectivity index (χ1) is 18.2. The Bertz CT molecular complexity index is 977. The number of piperidine rings is 1. The minimum absolute atomic E-state index is 0.0855. The van der Waals surface area contributed by atoms with Gasteiger partial charge in [0.1, 0.15) is 11.8 Å². The number of nitrogens with zero attached hydrogens (tertiary/aromatic N) is 3. The number of carboxylic acid groups (broad SMARTS) is 2. The van der Waals surface area contributed by atoms with Crippen LogP contribution in [0.5, 0.6) is 5.75 Å². The van der Waals surface area contributed by atoms with Crippen LogP contribution in [0.3, 0.4) is 0 Å². The Morgan fingerprint density at radius 1 is 0.895 bits per heavy atom. The number of rotatable bonds is 8. The SMILES string of the molecule is COc1ccc(C(=O)N[C@@H](C(=O)N2CCN(C3CCN(C)CC3)CC2)C2CC2)cc1.O=C(O)/C=C\C(=O)O. The quantitative estimate of drug-likeness (QED) is 0.422. The van der Waals surface area contributed by atoms with E-state index in [2.05, 4.69) is 22.2 Å². The van der Waals surface area contributed by atoms with Crippen LogP contribution < -0.4 is 10.1 Å². The fourth-order valence-electron chi connectivity index (χ4n) is 4.78. The summed E-state index contributed by atoms with van der Waals surface area (Å²) in [5.41, 5.74) is 0.557. The molecule has 1 aliphatic carbocycles. The average molecular weight is 531 g/mol. The molecule has 38 heavy (non-hydrogen) atoms. The number of benzene rings is 1. The molecule has 11 nitrogen and oxygen atoms in total. The standard InChI is InChI=1S/C23H34N4O3.C4H4O4/c1-25-11-9-19(10-12-25)26-13-15-27(16-14-26)23(29)21(17-3-4-17)24-22(28)18-5-7-20(30-2)8-6-18;5-3(6)1-2-4(7)8/h5-8,17,19,21H,3-4,9-16H2,1-2H3,(H,24,28);1-2H,(H,5,6)(H,7,8)/b;2-1-/t21-;/m1./s1. The third-order valence-electron chi connectivity index (χ3n) is 7.20. The summed E-state index contributed by atoms with van der Waals surface area (Å²) in [7, 11) is 3.79. The molecule has 1 saturated carbocycles. The minimum atomic E-state index is -1.26. The lowest BCUT2D eigenvalue weighted by atomic mass is 10.0. The van der Waals surface area contributed by atoms with E-state index in [9.17, 15) is 19.2 Å². The molecule has 0 bridgehead atoms. The van der Waals surface area contributed by atoms with E-state index in [1.807, 2.05) is 4.90 Å². The van der Waals surface area contributed by atoms with Gasteiger partial charge in [0.15, 0.2) is 0 Å². The van der Waals surface area contributed by atoms with Crippen LogP contribution in [0.15, 0.2) is 36.4 Å². The maximum atomic E-state index is 13.2. The molecule has 208 valence electrons. The molecule has 2 aliphatic heterocycles. The predicted molar refractivity (Wildman–Crippen MR) is 140 cm³/mol. The zero-order valence-electron chi connectivity index (χ0n) is 22.0. The van der Waals surface area contributed by atoms with E-state index in [-0.39, 0.29) is 17.7 Å². The molecule has 2 heterocycles. The molecule has 1 aromatic carbocycles. The summed E-state index contributed by atoms with van der Waals surface area (Å²) in [5.74, 6) is -1.63. The molecule has 0 radical (unpaired) electrons. The van der Waals surface area contributed by atoms with Gasteiger partial charge in [0.25, 0.3) is 5.91 Å². The van der Waals surface area contributed by atoms with Crippen molar-refractivity contribution in [1.82, 2.24) is 20.0 Å². The lowest BCUT2D eigenvalue weighted by Gasteiger charge is -2.42. The Morgan fingerprint density at radius 2 is 1.45 bits per heavy atom. The largest absolute Gasteiger partial charge is 0.497 e. The first kappa shape index (κ1) is 29.1. The second-order valence-corrected chi connectivity index (χ2v) is 9.92. The Morgan fingerprint density at radius 3 is 1.92 bits per heavy atom. The summed E-state index contributed by atoms with van der Waals surface area (Å²) in [4.78, 5) is 52.0. The maximum absolute atomic E-state index is 13.2. The lowest BCUT2D eigenvalue weighted by Crippen LogP contribution is -2.58. The molecule has 3 aliphatic rings. The summed E-state index contributed by atoms with van der Waals surface area (Å²) >= 11 is 0. The first-order valence-electron chi connectivity index (χ1n) is 13.0. The van der Waals surface area contributed by atoms with Crippen molar-refractivity contribution in [3.05, 3.63) is 42.0 Å². The molecule has 2 saturated heterocycles. The van der Waals surface area contributed by atoms with E-state index in [1.165, 1.54) is 12.8 Å². The van der Waals surface area contributed by atoms with E-state index in [1.54, 1.807) is 31.4 Å². The van der Waals surface area contributed by atoms with Crippen molar-refractivity contribution >= 4 is 23.8 Å². The number of carbonyl (C=O) groups is 4. The fourth-order valence-corrected chi connectivity index (χ4v) is 4.78. The van der Waals surface area contributed by atoms with Gasteiger partial charge in [0.05, 0.1) is 7.11 Å². The van der Waals surface area contributed by atoms with Gasteiger partial charge >= 0.3 is 11.9 Å². The van der Waals surface area contributed by atoms with Crippen molar-refractivity contribution in [3.8, 4) is 5.75 Å². The maximum Gasteiger partial charge on any atom is 0.328 e. The van der Waals surface area contributed by atoms with Crippen LogP contribution in [0.4, 0.5) is 0 Å². The van der Waals surface area contributed by atoms with Crippen LogP contribution >= 0.6 is 0 Å².